The van der Waals surface area contributed by atoms with Crippen molar-refractivity contribution in [3.63, 3.8) is 0 Å². The average Bonchev–Trinajstić information content (AvgIpc) is 2.38. The molecular formula is C59H63N9O15. The van der Waals surface area contributed by atoms with Crippen LogP contribution in [0.5, 0.6) is 11.5 Å². The van der Waals surface area contributed by atoms with E-state index in [4.69, 9.17) is 42.5 Å². The molecule has 0 saturated carbocycles. The molecule has 83 heavy (non-hydrogen) atoms. The van der Waals surface area contributed by atoms with E-state index in [0.717, 1.165) is 4.90 Å². The maximum Gasteiger partial charge on any atom is 0.343 e. The van der Waals surface area contributed by atoms with Crippen LogP contribution in [0.1, 0.15) is 94.9 Å². The second-order valence-corrected chi connectivity index (χ2v) is 19.6. The number of ketones is 1. The van der Waals surface area contributed by atoms with Crippen LogP contribution in [-0.4, -0.2) is 131 Å². The molecule has 434 valence electrons. The molecule has 24 nitrogen and oxygen atoms in total. The Bertz CT molecular complexity index is 3410. The van der Waals surface area contributed by atoms with Gasteiger partial charge in [0.05, 0.1) is 48.8 Å². The van der Waals surface area contributed by atoms with Crippen molar-refractivity contribution in [1.82, 2.24) is 41.0 Å². The second kappa shape index (κ2) is 29.3. The number of imide groups is 1. The highest BCUT2D eigenvalue weighted by Gasteiger charge is 2.46. The molecule has 4 aliphatic heterocycles. The summed E-state index contributed by atoms with van der Waals surface area (Å²) in [5.74, 6) is 12.7. The van der Waals surface area contributed by atoms with Gasteiger partial charge in [-0.3, -0.25) is 48.1 Å². The first-order valence-corrected chi connectivity index (χ1v) is 26.6. The zero-order valence-corrected chi connectivity index (χ0v) is 46.3. The Labute approximate surface area is 478 Å². The molecule has 24 heteroatoms. The third kappa shape index (κ3) is 15.5. The number of aromatic nitrogens is 2. The molecule has 4 atom stereocenters. The van der Waals surface area contributed by atoms with Crippen LogP contribution in [0.2, 0.25) is 0 Å². The quantitative estimate of drug-likeness (QED) is 0.0152. The van der Waals surface area contributed by atoms with Gasteiger partial charge in [0.1, 0.15) is 30.4 Å². The first-order chi connectivity index (χ1) is 39.8. The number of benzene rings is 1. The van der Waals surface area contributed by atoms with Gasteiger partial charge in [-0.25, -0.2) is 9.78 Å². The number of terminal acetylenes is 2. The number of amides is 7. The zero-order valence-electron chi connectivity index (χ0n) is 46.3. The van der Waals surface area contributed by atoms with Crippen LogP contribution < -0.4 is 47.4 Å². The predicted molar refractivity (Wildman–Crippen MR) is 297 cm³/mol. The molecule has 1 fully saturated rings. The van der Waals surface area contributed by atoms with Gasteiger partial charge < -0.3 is 60.9 Å². The molecule has 1 unspecified atom stereocenters. The van der Waals surface area contributed by atoms with Crippen LogP contribution >= 0.6 is 0 Å². The number of aliphatic hydroxyl groups is 1. The maximum atomic E-state index is 13.9. The molecule has 0 radical (unpaired) electrons. The number of fused-ring (bicyclic) bond motifs is 6. The lowest BCUT2D eigenvalue weighted by atomic mass is 9.86. The molecule has 3 aromatic rings. The fourth-order valence-electron chi connectivity index (χ4n) is 9.36. The normalized spacial score (nSPS) is 16.4. The largest absolute Gasteiger partial charge is 0.458 e. The molecule has 0 bridgehead atoms. The lowest BCUT2D eigenvalue weighted by molar-refractivity contribution is -0.172. The van der Waals surface area contributed by atoms with Crippen LogP contribution in [0.25, 0.3) is 22.3 Å². The fourth-order valence-corrected chi connectivity index (χ4v) is 9.36. The standard InChI is InChI=1S/C49H61N9O15.C10H2/c1-5-49(69)32-18-35-43-30(22-58(35)47(67)31(32)23-71-48(49)68)29(28-16-36-37(73-24-72-36)19-34(28)54-43)20-52-40(62)21-53-44(64)33(8-6-7-11-50)55-45(65)42(25(2)3)56-39(61)10-14-70-15-12-51-38(60)9-13-57-41(63)17-27(26(4)59)46(57)66;1-3-5-7-9-10-8-6-4-2/h16,18-19,25,27,33,42,69H,5-15,17,20-24,50H2,1-4H3,(H,51,60)(H,52,62)(H,53,64)(H,55,65)(H,56,61);1-2H/t27?,33-,42-,49-;/m0./s1. The lowest BCUT2D eigenvalue weighted by Gasteiger charge is -2.31. The number of likely N-dealkylation sites (tertiary alicyclic amines) is 1. The topological polar surface area (TPSA) is 335 Å². The van der Waals surface area contributed by atoms with Gasteiger partial charge >= 0.3 is 5.97 Å². The van der Waals surface area contributed by atoms with Gasteiger partial charge in [0.25, 0.3) is 5.56 Å². The third-order valence-corrected chi connectivity index (χ3v) is 13.8. The van der Waals surface area contributed by atoms with Crippen molar-refractivity contribution in [3.05, 3.63) is 50.8 Å². The van der Waals surface area contributed by atoms with Gasteiger partial charge in [0.2, 0.25) is 48.1 Å². The number of unbranched alkanes of at least 4 members (excludes halogenated alkanes) is 1. The van der Waals surface area contributed by atoms with Crippen LogP contribution in [0.3, 0.4) is 0 Å². The van der Waals surface area contributed by atoms with Crippen molar-refractivity contribution in [2.75, 3.05) is 46.2 Å². The summed E-state index contributed by atoms with van der Waals surface area (Å²) in [6.45, 7) is 5.72. The van der Waals surface area contributed by atoms with Gasteiger partial charge in [-0.05, 0) is 110 Å². The number of hydrogen-bond acceptors (Lipinski definition) is 17. The average molecular weight is 1140 g/mol. The number of ether oxygens (including phenoxy) is 4. The zero-order chi connectivity index (χ0) is 60.4. The number of Topliss-reactive ketones (excluding diaryl/α,β-unsaturated/α-hetero) is 1. The minimum Gasteiger partial charge on any atom is -0.458 e. The highest BCUT2D eigenvalue weighted by molar-refractivity contribution is 6.13. The summed E-state index contributed by atoms with van der Waals surface area (Å²) < 4.78 is 23.4. The Hall–Kier alpha value is -9.51. The summed E-state index contributed by atoms with van der Waals surface area (Å²) in [5.41, 5.74) is 5.95. The van der Waals surface area contributed by atoms with Crippen LogP contribution in [0, 0.1) is 72.0 Å². The van der Waals surface area contributed by atoms with E-state index >= 15 is 0 Å². The van der Waals surface area contributed by atoms with Gasteiger partial charge in [0.15, 0.2) is 17.1 Å². The highest BCUT2D eigenvalue weighted by Crippen LogP contribution is 2.43. The number of esters is 1. The van der Waals surface area contributed by atoms with E-state index in [-0.39, 0.29) is 96.0 Å². The van der Waals surface area contributed by atoms with Crippen molar-refractivity contribution < 1.29 is 67.2 Å². The Morgan fingerprint density at radius 2 is 1.55 bits per heavy atom. The maximum absolute atomic E-state index is 13.9. The predicted octanol–water partition coefficient (Wildman–Crippen LogP) is -0.565. The van der Waals surface area contributed by atoms with Crippen molar-refractivity contribution in [1.29, 1.82) is 0 Å². The molecule has 0 spiro atoms. The molecule has 1 saturated heterocycles. The van der Waals surface area contributed by atoms with Gasteiger partial charge in [-0.2, -0.15) is 0 Å². The third-order valence-electron chi connectivity index (χ3n) is 13.8. The van der Waals surface area contributed by atoms with Crippen LogP contribution in [-0.2, 0) is 77.9 Å². The minimum atomic E-state index is -2.03. The minimum absolute atomic E-state index is 0.0123. The molecule has 4 aliphatic rings. The number of hydrogen-bond donors (Lipinski definition) is 7. The molecule has 6 heterocycles. The SMILES string of the molecule is C#CC#CC#CC#CC#C.CC[C@@]1(O)C(=O)OCc2c1cc1n(c2=O)Cc2c-1nc1cc3c(cc1c2CNC(=O)CNC(=O)[C@H](CCCCN)NC(=O)[C@@H](NC(=O)CCOCCNC(=O)CCN1C(=O)CC(C(C)=O)C1=O)C(C)C)OCO3. The van der Waals surface area contributed by atoms with Crippen molar-refractivity contribution in [2.24, 2.45) is 17.6 Å². The van der Waals surface area contributed by atoms with Crippen molar-refractivity contribution in [3.8, 4) is 83.1 Å². The number of nitrogens with two attached hydrogens (primary N) is 1. The van der Waals surface area contributed by atoms with E-state index in [1.807, 2.05) is 0 Å². The summed E-state index contributed by atoms with van der Waals surface area (Å²) in [7, 11) is 0. The fraction of sp³-hybridized carbons (Fsp3) is 0.441. The number of rotatable bonds is 24. The number of nitrogens with zero attached hydrogens (tertiary/aromatic N) is 3. The first kappa shape index (κ1) is 62.7. The van der Waals surface area contributed by atoms with Gasteiger partial charge in [-0.15, -0.1) is 12.8 Å². The van der Waals surface area contributed by atoms with E-state index < -0.39 is 94.7 Å². The van der Waals surface area contributed by atoms with Crippen molar-refractivity contribution >= 4 is 64.0 Å². The lowest BCUT2D eigenvalue weighted by Crippen LogP contribution is -2.56. The smallest absolute Gasteiger partial charge is 0.343 e. The van der Waals surface area contributed by atoms with Crippen molar-refractivity contribution in [2.45, 2.75) is 110 Å². The molecule has 2 aromatic heterocycles. The van der Waals surface area contributed by atoms with E-state index in [2.05, 4.69) is 73.9 Å². The molecule has 7 rings (SSSR count). The summed E-state index contributed by atoms with van der Waals surface area (Å²) in [6.07, 6.45) is 10.3. The molecule has 0 aliphatic carbocycles. The number of carbonyl (C=O) groups excluding carboxylic acids is 9. The van der Waals surface area contributed by atoms with E-state index in [1.165, 1.54) is 11.5 Å². The van der Waals surface area contributed by atoms with E-state index in [0.29, 0.717) is 64.3 Å². The Balaban J connectivity index is 0.00000101. The number of nitrogens with one attached hydrogen (secondary N) is 5. The summed E-state index contributed by atoms with van der Waals surface area (Å²) in [4.78, 5) is 135. The summed E-state index contributed by atoms with van der Waals surface area (Å²) in [5, 5.41) is 25.4. The molecule has 8 N–H and O–H groups in total. The number of pyridine rings is 2. The van der Waals surface area contributed by atoms with E-state index in [1.54, 1.807) is 39.0 Å². The molecule has 1 aromatic carbocycles. The summed E-state index contributed by atoms with van der Waals surface area (Å²) >= 11 is 0. The second-order valence-electron chi connectivity index (χ2n) is 19.6. The number of carbonyl (C=O) groups is 9. The molecular weight excluding hydrogens is 1070 g/mol. The Kier molecular flexibility index (Phi) is 22.1. The number of cyclic esters (lactones) is 1. The van der Waals surface area contributed by atoms with Crippen LogP contribution in [0.4, 0.5) is 0 Å². The Morgan fingerprint density at radius 1 is 0.855 bits per heavy atom. The Morgan fingerprint density at radius 3 is 2.20 bits per heavy atom. The highest BCUT2D eigenvalue weighted by atomic mass is 16.7. The van der Waals surface area contributed by atoms with Gasteiger partial charge in [-0.1, -0.05) is 20.8 Å². The monoisotopic (exact) mass is 1140 g/mol. The van der Waals surface area contributed by atoms with Gasteiger partial charge in [0, 0.05) is 61.5 Å². The first-order valence-electron chi connectivity index (χ1n) is 26.6. The summed E-state index contributed by atoms with van der Waals surface area (Å²) in [6, 6.07) is 2.87. The van der Waals surface area contributed by atoms with Crippen LogP contribution in [0.15, 0.2) is 23.0 Å². The molecule has 7 amide bonds. The van der Waals surface area contributed by atoms with E-state index in [9.17, 15) is 53.1 Å².